The van der Waals surface area contributed by atoms with E-state index >= 15 is 0 Å². The first kappa shape index (κ1) is 16.9. The smallest absolute Gasteiger partial charge is 0.243 e. The molecule has 1 aliphatic heterocycles. The molecule has 0 aliphatic carbocycles. The zero-order chi connectivity index (χ0) is 16.5. The van der Waals surface area contributed by atoms with Crippen molar-refractivity contribution in [2.24, 2.45) is 0 Å². The lowest BCUT2D eigenvalue weighted by atomic mass is 10.2. The largest absolute Gasteiger partial charge is 0.390 e. The third kappa shape index (κ3) is 3.15. The van der Waals surface area contributed by atoms with Gasteiger partial charge in [0.1, 0.15) is 0 Å². The SMILES string of the molecule is CCN([C@H]1CS(=O)(=O)C[C@H]1O)S(=O)(=O)c1cccc(C#N)c1. The van der Waals surface area contributed by atoms with Gasteiger partial charge in [-0.1, -0.05) is 13.0 Å². The first-order valence-electron chi connectivity index (χ1n) is 6.62. The van der Waals surface area contributed by atoms with Crippen molar-refractivity contribution in [3.63, 3.8) is 0 Å². The lowest BCUT2D eigenvalue weighted by Gasteiger charge is -2.28. The van der Waals surface area contributed by atoms with Crippen molar-refractivity contribution in [2.45, 2.75) is 24.0 Å². The summed E-state index contributed by atoms with van der Waals surface area (Å²) in [7, 11) is -7.46. The lowest BCUT2D eigenvalue weighted by molar-refractivity contribution is 0.130. The van der Waals surface area contributed by atoms with Crippen molar-refractivity contribution >= 4 is 19.9 Å². The Balaban J connectivity index is 2.44. The number of aliphatic hydroxyl groups is 1. The maximum absolute atomic E-state index is 12.7. The fraction of sp³-hybridized carbons (Fsp3) is 0.462. The van der Waals surface area contributed by atoms with E-state index in [1.807, 2.05) is 6.07 Å². The minimum Gasteiger partial charge on any atom is -0.390 e. The molecule has 2 atom stereocenters. The Morgan fingerprint density at radius 3 is 2.59 bits per heavy atom. The number of aliphatic hydroxyl groups excluding tert-OH is 1. The van der Waals surface area contributed by atoms with Crippen LogP contribution in [0.2, 0.25) is 0 Å². The van der Waals surface area contributed by atoms with Crippen LogP contribution in [0.3, 0.4) is 0 Å². The van der Waals surface area contributed by atoms with Crippen molar-refractivity contribution in [3.8, 4) is 6.07 Å². The van der Waals surface area contributed by atoms with E-state index in [9.17, 15) is 21.9 Å². The van der Waals surface area contributed by atoms with Crippen molar-refractivity contribution in [3.05, 3.63) is 29.8 Å². The van der Waals surface area contributed by atoms with Crippen molar-refractivity contribution in [1.82, 2.24) is 4.31 Å². The lowest BCUT2D eigenvalue weighted by Crippen LogP contribution is -2.46. The minimum absolute atomic E-state index is 0.0242. The highest BCUT2D eigenvalue weighted by atomic mass is 32.2. The van der Waals surface area contributed by atoms with E-state index in [4.69, 9.17) is 5.26 Å². The van der Waals surface area contributed by atoms with Crippen LogP contribution < -0.4 is 0 Å². The third-order valence-electron chi connectivity index (χ3n) is 3.54. The number of rotatable bonds is 4. The number of likely N-dealkylation sites (N-methyl/N-ethyl adjacent to an activating group) is 1. The van der Waals surface area contributed by atoms with E-state index in [-0.39, 0.29) is 17.0 Å². The standard InChI is InChI=1S/C13H16N2O5S2/c1-2-15(12-8-21(17,18)9-13(12)16)22(19,20)11-5-3-4-10(6-11)7-14/h3-6,12-13,16H,2,8-9H2,1H3/t12-,13+/m0/s1. The monoisotopic (exact) mass is 344 g/mol. The molecular weight excluding hydrogens is 328 g/mol. The van der Waals surface area contributed by atoms with E-state index < -0.39 is 43.5 Å². The van der Waals surface area contributed by atoms with Gasteiger partial charge in [-0.15, -0.1) is 0 Å². The zero-order valence-electron chi connectivity index (χ0n) is 11.9. The number of hydrogen-bond acceptors (Lipinski definition) is 6. The molecule has 0 unspecified atom stereocenters. The topological polar surface area (TPSA) is 116 Å². The van der Waals surface area contributed by atoms with Gasteiger partial charge in [-0.25, -0.2) is 16.8 Å². The second-order valence-corrected chi connectivity index (χ2v) is 9.10. The Bertz CT molecular complexity index is 811. The molecule has 7 nitrogen and oxygen atoms in total. The summed E-state index contributed by atoms with van der Waals surface area (Å²) in [5.74, 6) is -0.846. The van der Waals surface area contributed by atoms with Crippen LogP contribution in [0.5, 0.6) is 0 Å². The molecule has 1 aliphatic rings. The van der Waals surface area contributed by atoms with Gasteiger partial charge in [-0.2, -0.15) is 9.57 Å². The molecule has 1 saturated heterocycles. The molecule has 2 rings (SSSR count). The maximum Gasteiger partial charge on any atom is 0.243 e. The number of benzene rings is 1. The second kappa shape index (κ2) is 5.96. The summed E-state index contributed by atoms with van der Waals surface area (Å²) in [6.07, 6.45) is -1.25. The number of nitrogens with zero attached hydrogens (tertiary/aromatic N) is 2. The molecule has 1 N–H and O–H groups in total. The van der Waals surface area contributed by atoms with Gasteiger partial charge < -0.3 is 5.11 Å². The van der Waals surface area contributed by atoms with E-state index in [0.717, 1.165) is 4.31 Å². The van der Waals surface area contributed by atoms with Crippen LogP contribution in [-0.2, 0) is 19.9 Å². The normalized spacial score (nSPS) is 24.3. The van der Waals surface area contributed by atoms with Crippen LogP contribution in [0.25, 0.3) is 0 Å². The molecule has 120 valence electrons. The van der Waals surface area contributed by atoms with Crippen LogP contribution in [0.15, 0.2) is 29.2 Å². The van der Waals surface area contributed by atoms with Crippen LogP contribution in [-0.4, -0.2) is 56.4 Å². The molecule has 0 bridgehead atoms. The van der Waals surface area contributed by atoms with Crippen LogP contribution >= 0.6 is 0 Å². The molecule has 0 spiro atoms. The van der Waals surface area contributed by atoms with E-state index in [0.29, 0.717) is 0 Å². The Hall–Kier alpha value is -1.47. The highest BCUT2D eigenvalue weighted by Gasteiger charge is 2.44. The Morgan fingerprint density at radius 1 is 1.41 bits per heavy atom. The van der Waals surface area contributed by atoms with Crippen molar-refractivity contribution < 1.29 is 21.9 Å². The molecular formula is C13H16N2O5S2. The predicted octanol–water partition coefficient (Wildman–Crippen LogP) is -0.273. The van der Waals surface area contributed by atoms with Gasteiger partial charge in [0.15, 0.2) is 9.84 Å². The zero-order valence-corrected chi connectivity index (χ0v) is 13.5. The van der Waals surface area contributed by atoms with Gasteiger partial charge in [-0.3, -0.25) is 0 Å². The summed E-state index contributed by atoms with van der Waals surface area (Å²) in [6.45, 7) is 1.60. The molecule has 0 amide bonds. The summed E-state index contributed by atoms with van der Waals surface area (Å²) >= 11 is 0. The maximum atomic E-state index is 12.7. The van der Waals surface area contributed by atoms with Crippen LogP contribution in [0.4, 0.5) is 0 Å². The van der Waals surface area contributed by atoms with E-state index in [1.165, 1.54) is 24.3 Å². The molecule has 22 heavy (non-hydrogen) atoms. The Labute approximate surface area is 129 Å². The van der Waals surface area contributed by atoms with Crippen LogP contribution in [0.1, 0.15) is 12.5 Å². The fourth-order valence-corrected chi connectivity index (χ4v) is 6.13. The summed E-state index contributed by atoms with van der Waals surface area (Å²) in [4.78, 5) is -0.0927. The van der Waals surface area contributed by atoms with Gasteiger partial charge in [0.25, 0.3) is 0 Å². The molecule has 0 aromatic heterocycles. The third-order valence-corrected chi connectivity index (χ3v) is 7.24. The van der Waals surface area contributed by atoms with Crippen LogP contribution in [0, 0.1) is 11.3 Å². The highest BCUT2D eigenvalue weighted by molar-refractivity contribution is 7.92. The number of sulfone groups is 1. The first-order valence-corrected chi connectivity index (χ1v) is 9.88. The first-order chi connectivity index (χ1) is 10.2. The molecule has 1 aromatic rings. The second-order valence-electron chi connectivity index (χ2n) is 5.06. The van der Waals surface area contributed by atoms with Gasteiger partial charge >= 0.3 is 0 Å². The van der Waals surface area contributed by atoms with Gasteiger partial charge in [0.05, 0.1) is 40.2 Å². The fourth-order valence-electron chi connectivity index (χ4n) is 2.53. The van der Waals surface area contributed by atoms with Gasteiger partial charge in [0, 0.05) is 6.54 Å². The Kier molecular flexibility index (Phi) is 4.58. The average molecular weight is 344 g/mol. The van der Waals surface area contributed by atoms with E-state index in [1.54, 1.807) is 6.92 Å². The van der Waals surface area contributed by atoms with Crippen molar-refractivity contribution in [2.75, 3.05) is 18.1 Å². The van der Waals surface area contributed by atoms with E-state index in [2.05, 4.69) is 0 Å². The highest BCUT2D eigenvalue weighted by Crippen LogP contribution is 2.25. The number of sulfonamides is 1. The predicted molar refractivity (Wildman–Crippen MR) is 79.2 cm³/mol. The summed E-state index contributed by atoms with van der Waals surface area (Å²) in [6, 6.07) is 6.34. The van der Waals surface area contributed by atoms with Gasteiger partial charge in [-0.05, 0) is 18.2 Å². The molecule has 9 heteroatoms. The summed E-state index contributed by atoms with van der Waals surface area (Å²) in [5, 5.41) is 18.8. The molecule has 1 aromatic carbocycles. The Morgan fingerprint density at radius 2 is 2.09 bits per heavy atom. The number of hydrogen-bond donors (Lipinski definition) is 1. The molecule has 1 heterocycles. The summed E-state index contributed by atoms with van der Waals surface area (Å²) in [5.41, 5.74) is 0.191. The minimum atomic E-state index is -3.99. The van der Waals surface area contributed by atoms with Gasteiger partial charge in [0.2, 0.25) is 10.0 Å². The molecule has 0 radical (unpaired) electrons. The number of nitriles is 1. The summed E-state index contributed by atoms with van der Waals surface area (Å²) < 4.78 is 49.6. The molecule has 0 saturated carbocycles. The van der Waals surface area contributed by atoms with Crippen molar-refractivity contribution in [1.29, 1.82) is 5.26 Å². The quantitative estimate of drug-likeness (QED) is 0.803. The molecule has 1 fully saturated rings. The average Bonchev–Trinajstić information content (AvgIpc) is 2.72.